The smallest absolute Gasteiger partial charge is 0.410 e. The van der Waals surface area contributed by atoms with Crippen molar-refractivity contribution in [2.24, 2.45) is 0 Å². The van der Waals surface area contributed by atoms with Gasteiger partial charge < -0.3 is 19.9 Å². The summed E-state index contributed by atoms with van der Waals surface area (Å²) in [5, 5.41) is 3.45. The average molecular weight is 440 g/mol. The molecule has 2 aliphatic rings. The molecule has 3 rings (SSSR count). The standard InChI is InChI=1S/C22H31ClFN3O3/c1-22(2,3)30-21(29)26-9-6-7-18(14-26)27-10-5-4-8-19(20(27)28)25-17-12-15(23)11-16(24)13-17/h11-13,18-19,25H,4-10,14H2,1-3H3/t18-,19-/m1/s1. The van der Waals surface area contributed by atoms with Crippen LogP contribution in [-0.2, 0) is 9.53 Å². The van der Waals surface area contributed by atoms with Crippen molar-refractivity contribution in [3.05, 3.63) is 29.0 Å². The number of nitrogens with zero attached hydrogens (tertiary/aromatic N) is 2. The third kappa shape index (κ3) is 6.00. The van der Waals surface area contributed by atoms with E-state index in [2.05, 4.69) is 5.32 Å². The fourth-order valence-corrected chi connectivity index (χ4v) is 4.32. The molecule has 2 heterocycles. The fraction of sp³-hybridized carbons (Fsp3) is 0.636. The van der Waals surface area contributed by atoms with E-state index >= 15 is 0 Å². The minimum absolute atomic E-state index is 0.0103. The predicted octanol–water partition coefficient (Wildman–Crippen LogP) is 4.67. The Kier molecular flexibility index (Phi) is 7.11. The summed E-state index contributed by atoms with van der Waals surface area (Å²) < 4.78 is 19.2. The second-order valence-electron chi connectivity index (χ2n) is 9.10. The number of nitrogens with one attached hydrogen (secondary N) is 1. The van der Waals surface area contributed by atoms with Gasteiger partial charge >= 0.3 is 6.09 Å². The number of ether oxygens (including phenoxy) is 1. The van der Waals surface area contributed by atoms with E-state index in [1.807, 2.05) is 25.7 Å². The first-order valence-corrected chi connectivity index (χ1v) is 11.0. The van der Waals surface area contributed by atoms with Crippen LogP contribution in [0.1, 0.15) is 52.9 Å². The average Bonchev–Trinajstić information content (AvgIpc) is 2.82. The molecule has 8 heteroatoms. The molecule has 2 saturated heterocycles. The van der Waals surface area contributed by atoms with E-state index in [1.54, 1.807) is 11.0 Å². The third-order valence-electron chi connectivity index (χ3n) is 5.42. The Bertz CT molecular complexity index is 763. The van der Waals surface area contributed by atoms with Crippen LogP contribution in [0.4, 0.5) is 14.9 Å². The van der Waals surface area contributed by atoms with Crippen molar-refractivity contribution in [2.45, 2.75) is 70.6 Å². The van der Waals surface area contributed by atoms with Gasteiger partial charge in [0.2, 0.25) is 5.91 Å². The number of carbonyl (C=O) groups is 2. The number of anilines is 1. The summed E-state index contributed by atoms with van der Waals surface area (Å²) in [7, 11) is 0. The molecule has 30 heavy (non-hydrogen) atoms. The normalized spacial score (nSPS) is 23.2. The molecule has 0 saturated carbocycles. The summed E-state index contributed by atoms with van der Waals surface area (Å²) in [6, 6.07) is 3.72. The van der Waals surface area contributed by atoms with E-state index in [-0.39, 0.29) is 23.1 Å². The van der Waals surface area contributed by atoms with Crippen LogP contribution in [0.15, 0.2) is 18.2 Å². The monoisotopic (exact) mass is 439 g/mol. The molecular formula is C22H31ClFN3O3. The van der Waals surface area contributed by atoms with E-state index in [4.69, 9.17) is 16.3 Å². The maximum atomic E-state index is 13.7. The minimum Gasteiger partial charge on any atom is -0.444 e. The summed E-state index contributed by atoms with van der Waals surface area (Å²) in [5.74, 6) is -0.452. The second kappa shape index (κ2) is 9.41. The molecule has 166 valence electrons. The van der Waals surface area contributed by atoms with Crippen molar-refractivity contribution in [3.63, 3.8) is 0 Å². The van der Waals surface area contributed by atoms with Gasteiger partial charge in [0.25, 0.3) is 0 Å². The van der Waals surface area contributed by atoms with Crippen LogP contribution >= 0.6 is 11.6 Å². The van der Waals surface area contributed by atoms with Crippen LogP contribution in [0.5, 0.6) is 0 Å². The van der Waals surface area contributed by atoms with Crippen molar-refractivity contribution >= 4 is 29.3 Å². The molecule has 0 aromatic heterocycles. The Morgan fingerprint density at radius 2 is 1.93 bits per heavy atom. The Morgan fingerprint density at radius 1 is 1.17 bits per heavy atom. The van der Waals surface area contributed by atoms with Crippen molar-refractivity contribution in [2.75, 3.05) is 25.0 Å². The molecular weight excluding hydrogens is 409 g/mol. The zero-order valence-electron chi connectivity index (χ0n) is 17.9. The summed E-state index contributed by atoms with van der Waals surface area (Å²) in [4.78, 5) is 29.4. The molecule has 1 N–H and O–H groups in total. The highest BCUT2D eigenvalue weighted by atomic mass is 35.5. The molecule has 1 aromatic carbocycles. The molecule has 2 fully saturated rings. The number of hydrogen-bond donors (Lipinski definition) is 1. The Morgan fingerprint density at radius 3 is 2.63 bits per heavy atom. The zero-order valence-corrected chi connectivity index (χ0v) is 18.7. The molecule has 6 nitrogen and oxygen atoms in total. The molecule has 0 spiro atoms. The highest BCUT2D eigenvalue weighted by molar-refractivity contribution is 6.30. The molecule has 2 atom stereocenters. The molecule has 0 unspecified atom stereocenters. The third-order valence-corrected chi connectivity index (χ3v) is 5.63. The van der Waals surface area contributed by atoms with Gasteiger partial charge in [0.1, 0.15) is 17.5 Å². The number of amides is 2. The van der Waals surface area contributed by atoms with Gasteiger partial charge in [-0.05, 0) is 71.1 Å². The topological polar surface area (TPSA) is 61.9 Å². The number of halogens is 2. The number of carbonyl (C=O) groups excluding carboxylic acids is 2. The first-order chi connectivity index (χ1) is 14.1. The summed E-state index contributed by atoms with van der Waals surface area (Å²) in [5.41, 5.74) is -0.0526. The van der Waals surface area contributed by atoms with Crippen molar-refractivity contribution in [3.8, 4) is 0 Å². The van der Waals surface area contributed by atoms with Crippen LogP contribution in [0, 0.1) is 5.82 Å². The van der Waals surface area contributed by atoms with Crippen LogP contribution < -0.4 is 5.32 Å². The van der Waals surface area contributed by atoms with E-state index in [0.717, 1.165) is 25.7 Å². The minimum atomic E-state index is -0.552. The van der Waals surface area contributed by atoms with Gasteiger partial charge in [-0.25, -0.2) is 9.18 Å². The van der Waals surface area contributed by atoms with E-state index < -0.39 is 17.5 Å². The van der Waals surface area contributed by atoms with Crippen molar-refractivity contribution < 1.29 is 18.7 Å². The lowest BCUT2D eigenvalue weighted by atomic mass is 10.0. The number of rotatable bonds is 3. The largest absolute Gasteiger partial charge is 0.444 e. The highest BCUT2D eigenvalue weighted by Crippen LogP contribution is 2.25. The van der Waals surface area contributed by atoms with Crippen LogP contribution in [0.25, 0.3) is 0 Å². The predicted molar refractivity (Wildman–Crippen MR) is 115 cm³/mol. The highest BCUT2D eigenvalue weighted by Gasteiger charge is 2.36. The number of likely N-dealkylation sites (tertiary alicyclic amines) is 2. The Balaban J connectivity index is 1.69. The maximum Gasteiger partial charge on any atom is 0.410 e. The maximum absolute atomic E-state index is 13.7. The SMILES string of the molecule is CC(C)(C)OC(=O)N1CCC[C@@H](N2CCCC[C@@H](Nc3cc(F)cc(Cl)c3)C2=O)C1. The quantitative estimate of drug-likeness (QED) is 0.743. The van der Waals surface area contributed by atoms with Gasteiger partial charge in [0, 0.05) is 36.4 Å². The zero-order chi connectivity index (χ0) is 21.9. The molecule has 0 bridgehead atoms. The fourth-order valence-electron chi connectivity index (χ4n) is 4.10. The first kappa shape index (κ1) is 22.7. The number of piperidine rings is 1. The molecule has 0 radical (unpaired) electrons. The van der Waals surface area contributed by atoms with Crippen molar-refractivity contribution in [1.29, 1.82) is 0 Å². The van der Waals surface area contributed by atoms with Crippen LogP contribution in [0.2, 0.25) is 5.02 Å². The molecule has 0 aliphatic carbocycles. The van der Waals surface area contributed by atoms with Crippen LogP contribution in [-0.4, -0.2) is 59.1 Å². The van der Waals surface area contributed by atoms with Gasteiger partial charge in [0.15, 0.2) is 0 Å². The van der Waals surface area contributed by atoms with E-state index in [9.17, 15) is 14.0 Å². The lowest BCUT2D eigenvalue weighted by Gasteiger charge is -2.40. The molecule has 2 amide bonds. The summed E-state index contributed by atoms with van der Waals surface area (Å²) >= 11 is 5.95. The van der Waals surface area contributed by atoms with Gasteiger partial charge in [-0.2, -0.15) is 0 Å². The second-order valence-corrected chi connectivity index (χ2v) is 9.54. The van der Waals surface area contributed by atoms with Gasteiger partial charge in [-0.3, -0.25) is 4.79 Å². The Labute approximate surface area is 182 Å². The van der Waals surface area contributed by atoms with E-state index in [0.29, 0.717) is 31.7 Å². The van der Waals surface area contributed by atoms with Gasteiger partial charge in [-0.1, -0.05) is 11.6 Å². The molecule has 2 aliphatic heterocycles. The van der Waals surface area contributed by atoms with E-state index in [1.165, 1.54) is 12.1 Å². The Hall–Kier alpha value is -2.02. The molecule has 1 aromatic rings. The van der Waals surface area contributed by atoms with Crippen LogP contribution in [0.3, 0.4) is 0 Å². The summed E-state index contributed by atoms with van der Waals surface area (Å²) in [6.07, 6.45) is 3.81. The van der Waals surface area contributed by atoms with Gasteiger partial charge in [-0.15, -0.1) is 0 Å². The lowest BCUT2D eigenvalue weighted by Crippen LogP contribution is -2.54. The summed E-state index contributed by atoms with van der Waals surface area (Å²) in [6.45, 7) is 7.31. The van der Waals surface area contributed by atoms with Crippen molar-refractivity contribution in [1.82, 2.24) is 9.80 Å². The first-order valence-electron chi connectivity index (χ1n) is 10.6. The number of hydrogen-bond acceptors (Lipinski definition) is 4. The number of benzene rings is 1. The van der Waals surface area contributed by atoms with Gasteiger partial charge in [0.05, 0.1) is 0 Å². The lowest BCUT2D eigenvalue weighted by molar-refractivity contribution is -0.135.